The number of ether oxygens (including phenoxy) is 1. The SMILES string of the molecule is COc1ccc(NCC(=O)NNC(=S)NCC[NH+](C)C)cc1. The van der Waals surface area contributed by atoms with Gasteiger partial charge in [-0.25, -0.2) is 0 Å². The lowest BCUT2D eigenvalue weighted by atomic mass is 10.3. The summed E-state index contributed by atoms with van der Waals surface area (Å²) in [5.41, 5.74) is 6.03. The number of hydrogen-bond acceptors (Lipinski definition) is 4. The highest BCUT2D eigenvalue weighted by atomic mass is 32.1. The number of quaternary nitrogens is 1. The molecule has 0 heterocycles. The molecule has 0 saturated heterocycles. The van der Waals surface area contributed by atoms with Gasteiger partial charge in [-0.05, 0) is 36.5 Å². The highest BCUT2D eigenvalue weighted by Crippen LogP contribution is 2.14. The zero-order valence-corrected chi connectivity index (χ0v) is 14.0. The maximum atomic E-state index is 11.7. The third-order valence-electron chi connectivity index (χ3n) is 2.77. The highest BCUT2D eigenvalue weighted by molar-refractivity contribution is 7.80. The first kappa shape index (κ1) is 18.0. The quantitative estimate of drug-likeness (QED) is 0.318. The summed E-state index contributed by atoms with van der Waals surface area (Å²) in [5.74, 6) is 0.561. The van der Waals surface area contributed by atoms with Crippen molar-refractivity contribution in [3.63, 3.8) is 0 Å². The zero-order valence-electron chi connectivity index (χ0n) is 13.2. The number of hydrogen-bond donors (Lipinski definition) is 5. The number of methoxy groups -OCH3 is 1. The summed E-state index contributed by atoms with van der Waals surface area (Å²) in [7, 11) is 5.73. The third-order valence-corrected chi connectivity index (χ3v) is 3.02. The maximum Gasteiger partial charge on any atom is 0.257 e. The van der Waals surface area contributed by atoms with Crippen molar-refractivity contribution in [3.8, 4) is 5.75 Å². The monoisotopic (exact) mass is 326 g/mol. The van der Waals surface area contributed by atoms with E-state index in [0.717, 1.165) is 24.5 Å². The molecule has 0 aliphatic rings. The highest BCUT2D eigenvalue weighted by Gasteiger charge is 2.02. The van der Waals surface area contributed by atoms with E-state index in [0.29, 0.717) is 5.11 Å². The van der Waals surface area contributed by atoms with Crippen molar-refractivity contribution in [1.29, 1.82) is 0 Å². The minimum Gasteiger partial charge on any atom is -0.497 e. The van der Waals surface area contributed by atoms with Crippen LogP contribution in [0.5, 0.6) is 5.75 Å². The van der Waals surface area contributed by atoms with E-state index in [4.69, 9.17) is 17.0 Å². The van der Waals surface area contributed by atoms with Gasteiger partial charge in [0.1, 0.15) is 5.75 Å². The van der Waals surface area contributed by atoms with Crippen LogP contribution in [0.15, 0.2) is 24.3 Å². The fraction of sp³-hybridized carbons (Fsp3) is 0.429. The molecule has 5 N–H and O–H groups in total. The molecule has 0 spiro atoms. The predicted octanol–water partition coefficient (Wildman–Crippen LogP) is -1.25. The van der Waals surface area contributed by atoms with Crippen molar-refractivity contribution in [2.24, 2.45) is 0 Å². The van der Waals surface area contributed by atoms with E-state index < -0.39 is 0 Å². The number of benzene rings is 1. The molecule has 122 valence electrons. The van der Waals surface area contributed by atoms with Gasteiger partial charge in [-0.2, -0.15) is 0 Å². The van der Waals surface area contributed by atoms with Crippen LogP contribution in [0.4, 0.5) is 5.69 Å². The molecule has 0 aliphatic carbocycles. The summed E-state index contributed by atoms with van der Waals surface area (Å²) in [6.45, 7) is 1.83. The molecular weight excluding hydrogens is 302 g/mol. The Labute approximate surface area is 136 Å². The van der Waals surface area contributed by atoms with Crippen molar-refractivity contribution in [2.75, 3.05) is 46.2 Å². The summed E-state index contributed by atoms with van der Waals surface area (Å²) < 4.78 is 5.07. The number of thiocarbonyl (C=S) groups is 1. The van der Waals surface area contributed by atoms with Crippen molar-refractivity contribution in [1.82, 2.24) is 16.2 Å². The Morgan fingerprint density at radius 1 is 1.23 bits per heavy atom. The Kier molecular flexibility index (Phi) is 8.01. The zero-order chi connectivity index (χ0) is 16.4. The number of hydrazine groups is 1. The standard InChI is InChI=1S/C14H23N5O2S/c1-19(2)9-8-15-14(22)18-17-13(20)10-16-11-4-6-12(21-3)7-5-11/h4-7,16H,8-10H2,1-3H3,(H,17,20)(H2,15,18,22)/p+1. The Morgan fingerprint density at radius 2 is 1.91 bits per heavy atom. The number of nitrogens with one attached hydrogen (secondary N) is 5. The van der Waals surface area contributed by atoms with Gasteiger partial charge in [0, 0.05) is 5.69 Å². The van der Waals surface area contributed by atoms with Crippen LogP contribution in [0, 0.1) is 0 Å². The molecule has 0 aromatic heterocycles. The molecule has 0 unspecified atom stereocenters. The van der Waals surface area contributed by atoms with Crippen molar-refractivity contribution < 1.29 is 14.4 Å². The van der Waals surface area contributed by atoms with Crippen molar-refractivity contribution in [2.45, 2.75) is 0 Å². The largest absolute Gasteiger partial charge is 0.497 e. The van der Waals surface area contributed by atoms with Crippen LogP contribution < -0.4 is 31.1 Å². The number of carbonyl (C=O) groups excluding carboxylic acids is 1. The first-order chi connectivity index (χ1) is 10.5. The van der Waals surface area contributed by atoms with Gasteiger partial charge in [0.2, 0.25) is 0 Å². The summed E-state index contributed by atoms with van der Waals surface area (Å²) >= 11 is 5.05. The van der Waals surface area contributed by atoms with Crippen LogP contribution in [0.25, 0.3) is 0 Å². The Bertz CT molecular complexity index is 479. The van der Waals surface area contributed by atoms with Crippen LogP contribution in [0.2, 0.25) is 0 Å². The molecule has 1 aromatic rings. The molecular formula is C14H24N5O2S+. The Morgan fingerprint density at radius 3 is 2.50 bits per heavy atom. The molecule has 0 atom stereocenters. The summed E-state index contributed by atoms with van der Waals surface area (Å²) in [6.07, 6.45) is 0. The van der Waals surface area contributed by atoms with E-state index in [9.17, 15) is 4.79 Å². The molecule has 0 aliphatic heterocycles. The molecule has 0 saturated carbocycles. The number of likely N-dealkylation sites (N-methyl/N-ethyl adjacent to an activating group) is 1. The molecule has 0 fully saturated rings. The van der Waals surface area contributed by atoms with E-state index in [1.165, 1.54) is 4.90 Å². The predicted molar refractivity (Wildman–Crippen MR) is 91.0 cm³/mol. The fourth-order valence-corrected chi connectivity index (χ4v) is 1.69. The van der Waals surface area contributed by atoms with Gasteiger partial charge in [0.05, 0.1) is 40.8 Å². The van der Waals surface area contributed by atoms with E-state index in [1.54, 1.807) is 7.11 Å². The average Bonchev–Trinajstić information content (AvgIpc) is 2.51. The number of anilines is 1. The molecule has 0 bridgehead atoms. The molecule has 1 rings (SSSR count). The summed E-state index contributed by atoms with van der Waals surface area (Å²) in [4.78, 5) is 13.0. The molecule has 22 heavy (non-hydrogen) atoms. The van der Waals surface area contributed by atoms with Gasteiger partial charge in [0.15, 0.2) is 5.11 Å². The minimum atomic E-state index is -0.210. The van der Waals surface area contributed by atoms with Gasteiger partial charge >= 0.3 is 0 Å². The number of amides is 1. The van der Waals surface area contributed by atoms with Crippen LogP contribution in [-0.4, -0.2) is 51.9 Å². The molecule has 8 heteroatoms. The van der Waals surface area contributed by atoms with Gasteiger partial charge in [0.25, 0.3) is 5.91 Å². The molecule has 0 radical (unpaired) electrons. The summed E-state index contributed by atoms with van der Waals surface area (Å²) in [5, 5.41) is 6.41. The Balaban J connectivity index is 2.18. The number of rotatable bonds is 7. The van der Waals surface area contributed by atoms with Gasteiger partial charge in [-0.1, -0.05) is 0 Å². The smallest absolute Gasteiger partial charge is 0.257 e. The normalized spacial score (nSPS) is 10.0. The Hall–Kier alpha value is -2.06. The lowest BCUT2D eigenvalue weighted by molar-refractivity contribution is -0.856. The van der Waals surface area contributed by atoms with Crippen LogP contribution >= 0.6 is 12.2 Å². The van der Waals surface area contributed by atoms with Crippen molar-refractivity contribution in [3.05, 3.63) is 24.3 Å². The van der Waals surface area contributed by atoms with Crippen LogP contribution in [0.1, 0.15) is 0 Å². The second-order valence-electron chi connectivity index (χ2n) is 4.97. The van der Waals surface area contributed by atoms with E-state index in [-0.39, 0.29) is 12.5 Å². The van der Waals surface area contributed by atoms with E-state index >= 15 is 0 Å². The van der Waals surface area contributed by atoms with Gasteiger partial charge in [-0.3, -0.25) is 15.6 Å². The van der Waals surface area contributed by atoms with E-state index in [2.05, 4.69) is 35.6 Å². The number of carbonyl (C=O) groups is 1. The lowest BCUT2D eigenvalue weighted by Gasteiger charge is -2.13. The lowest BCUT2D eigenvalue weighted by Crippen LogP contribution is -3.06. The fourth-order valence-electron chi connectivity index (χ4n) is 1.53. The topological polar surface area (TPSA) is 78.9 Å². The first-order valence-corrected chi connectivity index (χ1v) is 7.41. The third kappa shape index (κ3) is 7.65. The minimum absolute atomic E-state index is 0.143. The van der Waals surface area contributed by atoms with Crippen LogP contribution in [-0.2, 0) is 4.79 Å². The van der Waals surface area contributed by atoms with Gasteiger partial charge in [-0.15, -0.1) is 0 Å². The second-order valence-corrected chi connectivity index (χ2v) is 5.38. The molecule has 7 nitrogen and oxygen atoms in total. The van der Waals surface area contributed by atoms with Gasteiger partial charge < -0.3 is 20.3 Å². The first-order valence-electron chi connectivity index (χ1n) is 7.01. The average molecular weight is 326 g/mol. The maximum absolute atomic E-state index is 11.7. The van der Waals surface area contributed by atoms with Crippen LogP contribution in [0.3, 0.4) is 0 Å². The molecule has 1 amide bonds. The second kappa shape index (κ2) is 9.80. The van der Waals surface area contributed by atoms with Crippen molar-refractivity contribution >= 4 is 28.9 Å². The van der Waals surface area contributed by atoms with E-state index in [1.807, 2.05) is 24.3 Å². The molecule has 1 aromatic carbocycles. The summed E-state index contributed by atoms with van der Waals surface area (Å²) in [6, 6.07) is 7.33.